The highest BCUT2D eigenvalue weighted by molar-refractivity contribution is 9.10. The summed E-state index contributed by atoms with van der Waals surface area (Å²) in [5, 5.41) is 9.39. The van der Waals surface area contributed by atoms with Gasteiger partial charge in [-0.1, -0.05) is 11.6 Å². The first-order valence-electron chi connectivity index (χ1n) is 4.89. The van der Waals surface area contributed by atoms with E-state index >= 15 is 0 Å². The van der Waals surface area contributed by atoms with Gasteiger partial charge in [0.05, 0.1) is 21.7 Å². The zero-order valence-corrected chi connectivity index (χ0v) is 11.2. The molecular weight excluding hydrogens is 291 g/mol. The average Bonchev–Trinajstić information content (AvgIpc) is 2.24. The summed E-state index contributed by atoms with van der Waals surface area (Å²) in [5.41, 5.74) is 6.83. The molecule has 0 bridgehead atoms. The van der Waals surface area contributed by atoms with Crippen molar-refractivity contribution >= 4 is 27.5 Å². The molecule has 3 nitrogen and oxygen atoms in total. The van der Waals surface area contributed by atoms with Crippen molar-refractivity contribution in [2.75, 3.05) is 13.2 Å². The van der Waals surface area contributed by atoms with Crippen molar-refractivity contribution in [3.63, 3.8) is 0 Å². The van der Waals surface area contributed by atoms with Crippen LogP contribution >= 0.6 is 27.5 Å². The number of nitrogens with zero attached hydrogens (tertiary/aromatic N) is 1. The van der Waals surface area contributed by atoms with Crippen molar-refractivity contribution in [2.24, 2.45) is 5.73 Å². The number of ether oxygens (including phenoxy) is 1. The van der Waals surface area contributed by atoms with E-state index in [2.05, 4.69) is 15.9 Å². The summed E-state index contributed by atoms with van der Waals surface area (Å²) >= 11 is 9.34. The maximum absolute atomic E-state index is 8.97. The predicted molar refractivity (Wildman–Crippen MR) is 67.8 cm³/mol. The number of benzene rings is 1. The molecule has 0 aromatic heterocycles. The Kier molecular flexibility index (Phi) is 5.07. The first kappa shape index (κ1) is 13.3. The van der Waals surface area contributed by atoms with Crippen LogP contribution in [0.15, 0.2) is 10.5 Å². The highest BCUT2D eigenvalue weighted by Gasteiger charge is 2.15. The van der Waals surface area contributed by atoms with Gasteiger partial charge in [0.15, 0.2) is 0 Å². The van der Waals surface area contributed by atoms with E-state index in [-0.39, 0.29) is 0 Å². The lowest BCUT2D eigenvalue weighted by Crippen LogP contribution is -2.06. The normalized spacial score (nSPS) is 9.94. The lowest BCUT2D eigenvalue weighted by Gasteiger charge is -2.13. The Morgan fingerprint density at radius 2 is 2.31 bits per heavy atom. The standard InChI is InChI=1S/C11H12BrClN2O/c1-2-16-11-7(3-4-14)5-9(13)8(6-15)10(11)12/h5H,2-4,14H2,1H3. The number of hydrogen-bond donors (Lipinski definition) is 1. The van der Waals surface area contributed by atoms with E-state index in [9.17, 15) is 0 Å². The Morgan fingerprint density at radius 3 is 2.81 bits per heavy atom. The van der Waals surface area contributed by atoms with Crippen LogP contribution in [-0.4, -0.2) is 13.2 Å². The molecule has 0 saturated carbocycles. The fourth-order valence-corrected chi connectivity index (χ4v) is 2.45. The van der Waals surface area contributed by atoms with Gasteiger partial charge in [-0.2, -0.15) is 5.26 Å². The summed E-state index contributed by atoms with van der Waals surface area (Å²) in [7, 11) is 0. The molecule has 0 aliphatic heterocycles. The average molecular weight is 304 g/mol. The molecule has 2 N–H and O–H groups in total. The van der Waals surface area contributed by atoms with Gasteiger partial charge in [-0.25, -0.2) is 0 Å². The predicted octanol–water partition coefficient (Wildman–Crippen LogP) is 2.87. The molecule has 0 unspecified atom stereocenters. The highest BCUT2D eigenvalue weighted by atomic mass is 79.9. The summed E-state index contributed by atoms with van der Waals surface area (Å²) in [6.07, 6.45) is 0.666. The zero-order valence-electron chi connectivity index (χ0n) is 8.89. The Hall–Kier alpha value is -0.760. The van der Waals surface area contributed by atoms with Crippen LogP contribution in [0.5, 0.6) is 5.75 Å². The second kappa shape index (κ2) is 6.09. The second-order valence-electron chi connectivity index (χ2n) is 3.12. The number of nitrogens with two attached hydrogens (primary N) is 1. The van der Waals surface area contributed by atoms with Gasteiger partial charge in [0, 0.05) is 0 Å². The molecule has 0 spiro atoms. The molecule has 0 aliphatic carbocycles. The second-order valence-corrected chi connectivity index (χ2v) is 4.32. The molecule has 16 heavy (non-hydrogen) atoms. The lowest BCUT2D eigenvalue weighted by molar-refractivity contribution is 0.334. The first-order chi connectivity index (χ1) is 7.65. The van der Waals surface area contributed by atoms with Gasteiger partial charge in [-0.3, -0.25) is 0 Å². The van der Waals surface area contributed by atoms with E-state index in [1.54, 1.807) is 6.07 Å². The number of nitriles is 1. The van der Waals surface area contributed by atoms with Gasteiger partial charge in [-0.05, 0) is 47.4 Å². The number of halogens is 2. The van der Waals surface area contributed by atoms with Gasteiger partial charge in [0.25, 0.3) is 0 Å². The summed E-state index contributed by atoms with van der Waals surface area (Å²) in [4.78, 5) is 0. The van der Waals surface area contributed by atoms with Crippen molar-refractivity contribution in [3.05, 3.63) is 26.7 Å². The van der Waals surface area contributed by atoms with Crippen LogP contribution < -0.4 is 10.5 Å². The molecule has 0 fully saturated rings. The molecule has 1 rings (SSSR count). The molecule has 1 aromatic carbocycles. The van der Waals surface area contributed by atoms with Gasteiger partial charge in [0.1, 0.15) is 11.8 Å². The molecule has 0 radical (unpaired) electrons. The maximum atomic E-state index is 8.97. The third kappa shape index (κ3) is 2.67. The van der Waals surface area contributed by atoms with Crippen LogP contribution in [0.4, 0.5) is 0 Å². The molecule has 0 aliphatic rings. The van der Waals surface area contributed by atoms with Crippen molar-refractivity contribution < 1.29 is 4.74 Å². The minimum Gasteiger partial charge on any atom is -0.492 e. The maximum Gasteiger partial charge on any atom is 0.138 e. The van der Waals surface area contributed by atoms with E-state index in [0.29, 0.717) is 40.4 Å². The monoisotopic (exact) mass is 302 g/mol. The Morgan fingerprint density at radius 1 is 1.62 bits per heavy atom. The van der Waals surface area contributed by atoms with Gasteiger partial charge >= 0.3 is 0 Å². The Bertz CT molecular complexity index is 429. The Labute approximate surface area is 108 Å². The van der Waals surface area contributed by atoms with Crippen LogP contribution in [0.25, 0.3) is 0 Å². The fourth-order valence-electron chi connectivity index (χ4n) is 1.39. The summed E-state index contributed by atoms with van der Waals surface area (Å²) in [6.45, 7) is 2.93. The minimum absolute atomic E-state index is 0.394. The molecule has 0 saturated heterocycles. The van der Waals surface area contributed by atoms with Crippen molar-refractivity contribution in [2.45, 2.75) is 13.3 Å². The van der Waals surface area contributed by atoms with Gasteiger partial charge in [0.2, 0.25) is 0 Å². The molecule has 0 atom stereocenters. The largest absolute Gasteiger partial charge is 0.492 e. The van der Waals surface area contributed by atoms with Crippen LogP contribution in [0, 0.1) is 11.3 Å². The molecule has 0 heterocycles. The first-order valence-corrected chi connectivity index (χ1v) is 6.06. The van der Waals surface area contributed by atoms with Gasteiger partial charge in [-0.15, -0.1) is 0 Å². The third-order valence-corrected chi connectivity index (χ3v) is 3.12. The van der Waals surface area contributed by atoms with Crippen LogP contribution in [0.2, 0.25) is 5.02 Å². The van der Waals surface area contributed by atoms with Crippen LogP contribution in [0.1, 0.15) is 18.1 Å². The summed E-state index contributed by atoms with van der Waals surface area (Å²) in [5.74, 6) is 0.661. The fraction of sp³-hybridized carbons (Fsp3) is 0.364. The number of hydrogen-bond acceptors (Lipinski definition) is 3. The smallest absolute Gasteiger partial charge is 0.138 e. The molecule has 86 valence electrons. The summed E-state index contributed by atoms with van der Waals surface area (Å²) < 4.78 is 6.11. The van der Waals surface area contributed by atoms with E-state index < -0.39 is 0 Å². The zero-order chi connectivity index (χ0) is 12.1. The minimum atomic E-state index is 0.394. The Balaban J connectivity index is 3.34. The molecule has 1 aromatic rings. The van der Waals surface area contributed by atoms with Crippen molar-refractivity contribution in [1.82, 2.24) is 0 Å². The molecule has 0 amide bonds. The van der Waals surface area contributed by atoms with Crippen molar-refractivity contribution in [1.29, 1.82) is 5.26 Å². The SMILES string of the molecule is CCOc1c(CCN)cc(Cl)c(C#N)c1Br. The van der Waals surface area contributed by atoms with Crippen LogP contribution in [0.3, 0.4) is 0 Å². The van der Waals surface area contributed by atoms with Crippen LogP contribution in [-0.2, 0) is 6.42 Å². The third-order valence-electron chi connectivity index (χ3n) is 2.06. The summed E-state index contributed by atoms with van der Waals surface area (Å²) in [6, 6.07) is 3.78. The molecular formula is C11H12BrClN2O. The highest BCUT2D eigenvalue weighted by Crippen LogP contribution is 2.37. The van der Waals surface area contributed by atoms with E-state index in [0.717, 1.165) is 5.56 Å². The lowest BCUT2D eigenvalue weighted by atomic mass is 10.1. The molecule has 5 heteroatoms. The van der Waals surface area contributed by atoms with E-state index in [1.807, 2.05) is 13.0 Å². The van der Waals surface area contributed by atoms with E-state index in [4.69, 9.17) is 27.3 Å². The van der Waals surface area contributed by atoms with Crippen molar-refractivity contribution in [3.8, 4) is 11.8 Å². The topological polar surface area (TPSA) is 59.0 Å². The number of rotatable bonds is 4. The quantitative estimate of drug-likeness (QED) is 0.930. The van der Waals surface area contributed by atoms with Gasteiger partial charge < -0.3 is 10.5 Å². The van der Waals surface area contributed by atoms with E-state index in [1.165, 1.54) is 0 Å².